The molecule has 0 bridgehead atoms. The summed E-state index contributed by atoms with van der Waals surface area (Å²) in [5.41, 5.74) is 2.37. The quantitative estimate of drug-likeness (QED) is 0.782. The van der Waals surface area contributed by atoms with Crippen molar-refractivity contribution >= 4 is 31.7 Å². The smallest absolute Gasteiger partial charge is 0.305 e. The highest BCUT2D eigenvalue weighted by molar-refractivity contribution is 9.10. The summed E-state index contributed by atoms with van der Waals surface area (Å²) >= 11 is 3.34. The van der Waals surface area contributed by atoms with Gasteiger partial charge in [0.2, 0.25) is 9.84 Å². The molecule has 2 aromatic rings. The molecule has 0 atom stereocenters. The molecule has 124 valence electrons. The number of esters is 1. The van der Waals surface area contributed by atoms with E-state index in [-0.39, 0.29) is 22.3 Å². The van der Waals surface area contributed by atoms with Gasteiger partial charge in [-0.1, -0.05) is 17.7 Å². The fourth-order valence-electron chi connectivity index (χ4n) is 2.30. The van der Waals surface area contributed by atoms with Crippen molar-refractivity contribution in [3.8, 4) is 0 Å². The molecule has 1 heterocycles. The lowest BCUT2D eigenvalue weighted by Gasteiger charge is -2.05. The van der Waals surface area contributed by atoms with Crippen LogP contribution in [0, 0.1) is 13.8 Å². The first-order valence-corrected chi connectivity index (χ1v) is 9.30. The lowest BCUT2D eigenvalue weighted by Crippen LogP contribution is -2.05. The first-order valence-electron chi connectivity index (χ1n) is 7.03. The number of hydrogen-bond donors (Lipinski definition) is 1. The maximum absolute atomic E-state index is 12.8. The van der Waals surface area contributed by atoms with E-state index in [1.54, 1.807) is 31.2 Å². The van der Waals surface area contributed by atoms with E-state index < -0.39 is 9.84 Å². The normalized spacial score (nSPS) is 11.5. The van der Waals surface area contributed by atoms with Crippen molar-refractivity contribution in [3.05, 3.63) is 45.6 Å². The van der Waals surface area contributed by atoms with Gasteiger partial charge in [0.05, 0.1) is 16.6 Å². The fourth-order valence-corrected chi connectivity index (χ4v) is 4.62. The number of methoxy groups -OCH3 is 1. The molecule has 0 spiro atoms. The van der Waals surface area contributed by atoms with Gasteiger partial charge in [0.25, 0.3) is 0 Å². The van der Waals surface area contributed by atoms with E-state index >= 15 is 0 Å². The Morgan fingerprint density at radius 1 is 1.22 bits per heavy atom. The van der Waals surface area contributed by atoms with E-state index in [1.165, 1.54) is 7.11 Å². The molecular formula is C16H18BrNO4S. The summed E-state index contributed by atoms with van der Waals surface area (Å²) < 4.78 is 30.8. The number of aromatic nitrogens is 1. The molecule has 1 aromatic carbocycles. The Balaban J connectivity index is 2.40. The molecule has 0 saturated carbocycles. The third kappa shape index (κ3) is 3.67. The van der Waals surface area contributed by atoms with Crippen molar-refractivity contribution in [1.29, 1.82) is 0 Å². The van der Waals surface area contributed by atoms with Crippen LogP contribution in [0.3, 0.4) is 0 Å². The van der Waals surface area contributed by atoms with Gasteiger partial charge in [-0.2, -0.15) is 0 Å². The molecule has 0 saturated heterocycles. The summed E-state index contributed by atoms with van der Waals surface area (Å²) in [5, 5.41) is 0.146. The first-order chi connectivity index (χ1) is 10.8. The lowest BCUT2D eigenvalue weighted by molar-refractivity contribution is -0.140. The molecule has 0 radical (unpaired) electrons. The van der Waals surface area contributed by atoms with E-state index in [1.807, 2.05) is 6.92 Å². The van der Waals surface area contributed by atoms with Crippen molar-refractivity contribution in [2.24, 2.45) is 0 Å². The molecule has 0 aliphatic rings. The van der Waals surface area contributed by atoms with Crippen LogP contribution in [0.25, 0.3) is 0 Å². The van der Waals surface area contributed by atoms with Gasteiger partial charge in [0.15, 0.2) is 0 Å². The Bertz CT molecular complexity index is 823. The molecule has 0 amide bonds. The molecule has 5 nitrogen and oxygen atoms in total. The number of H-pyrrole nitrogens is 1. The van der Waals surface area contributed by atoms with Gasteiger partial charge in [-0.05, 0) is 59.5 Å². The standard InChI is InChI=1S/C16H18BrNO4S/c1-10-4-6-12(7-5-10)23(20,21)16-11(2)13(15(17)18-16)8-9-14(19)22-3/h4-7,18H,8-9H2,1-3H3. The maximum Gasteiger partial charge on any atom is 0.305 e. The predicted molar refractivity (Wildman–Crippen MR) is 90.2 cm³/mol. The van der Waals surface area contributed by atoms with Crippen LogP contribution in [0.1, 0.15) is 23.1 Å². The number of aromatic amines is 1. The van der Waals surface area contributed by atoms with Crippen LogP contribution in [0.2, 0.25) is 0 Å². The molecule has 0 aliphatic heterocycles. The molecule has 1 N–H and O–H groups in total. The highest BCUT2D eigenvalue weighted by Crippen LogP contribution is 2.31. The van der Waals surface area contributed by atoms with Crippen LogP contribution in [0.15, 0.2) is 38.8 Å². The Morgan fingerprint density at radius 2 is 1.83 bits per heavy atom. The Morgan fingerprint density at radius 3 is 2.39 bits per heavy atom. The van der Waals surface area contributed by atoms with Crippen LogP contribution in [-0.4, -0.2) is 26.5 Å². The van der Waals surface area contributed by atoms with Crippen molar-refractivity contribution < 1.29 is 17.9 Å². The van der Waals surface area contributed by atoms with Crippen LogP contribution in [0.5, 0.6) is 0 Å². The number of ether oxygens (including phenoxy) is 1. The summed E-state index contributed by atoms with van der Waals surface area (Å²) in [4.78, 5) is 14.4. The van der Waals surface area contributed by atoms with E-state index in [2.05, 4.69) is 25.7 Å². The second kappa shape index (κ2) is 6.88. The van der Waals surface area contributed by atoms with Crippen LogP contribution in [0.4, 0.5) is 0 Å². The fraction of sp³-hybridized carbons (Fsp3) is 0.312. The van der Waals surface area contributed by atoms with Gasteiger partial charge in [-0.25, -0.2) is 8.42 Å². The number of aryl methyl sites for hydroxylation is 1. The maximum atomic E-state index is 12.8. The van der Waals surface area contributed by atoms with Crippen LogP contribution < -0.4 is 0 Å². The van der Waals surface area contributed by atoms with Gasteiger partial charge in [-0.15, -0.1) is 0 Å². The minimum atomic E-state index is -3.63. The van der Waals surface area contributed by atoms with Crippen LogP contribution in [-0.2, 0) is 25.8 Å². The third-order valence-corrected chi connectivity index (χ3v) is 6.20. The van der Waals surface area contributed by atoms with Crippen molar-refractivity contribution in [2.45, 2.75) is 36.6 Å². The number of rotatable bonds is 5. The average Bonchev–Trinajstić information content (AvgIpc) is 2.80. The second-order valence-electron chi connectivity index (χ2n) is 5.26. The minimum Gasteiger partial charge on any atom is -0.469 e. The number of hydrogen-bond acceptors (Lipinski definition) is 4. The molecule has 23 heavy (non-hydrogen) atoms. The van der Waals surface area contributed by atoms with E-state index in [4.69, 9.17) is 0 Å². The molecule has 2 rings (SSSR count). The topological polar surface area (TPSA) is 76.2 Å². The zero-order chi connectivity index (χ0) is 17.2. The number of halogens is 1. The van der Waals surface area contributed by atoms with Gasteiger partial charge < -0.3 is 9.72 Å². The second-order valence-corrected chi connectivity index (χ2v) is 7.94. The van der Waals surface area contributed by atoms with Crippen molar-refractivity contribution in [2.75, 3.05) is 7.11 Å². The van der Waals surface area contributed by atoms with E-state index in [9.17, 15) is 13.2 Å². The summed E-state index contributed by atoms with van der Waals surface area (Å²) in [5.74, 6) is -0.333. The van der Waals surface area contributed by atoms with E-state index in [0.29, 0.717) is 16.6 Å². The largest absolute Gasteiger partial charge is 0.469 e. The zero-order valence-electron chi connectivity index (χ0n) is 13.1. The van der Waals surface area contributed by atoms with Crippen molar-refractivity contribution in [1.82, 2.24) is 4.98 Å². The molecule has 7 heteroatoms. The number of nitrogens with one attached hydrogen (secondary N) is 1. The highest BCUT2D eigenvalue weighted by atomic mass is 79.9. The third-order valence-electron chi connectivity index (χ3n) is 3.69. The van der Waals surface area contributed by atoms with Gasteiger partial charge in [0.1, 0.15) is 5.03 Å². The first kappa shape index (κ1) is 17.7. The van der Waals surface area contributed by atoms with Crippen LogP contribution >= 0.6 is 15.9 Å². The monoisotopic (exact) mass is 399 g/mol. The number of carbonyl (C=O) groups excluding carboxylic acids is 1. The minimum absolute atomic E-state index is 0.146. The molecular weight excluding hydrogens is 382 g/mol. The number of benzene rings is 1. The Kier molecular flexibility index (Phi) is 5.31. The lowest BCUT2D eigenvalue weighted by atomic mass is 10.1. The van der Waals surface area contributed by atoms with Gasteiger partial charge >= 0.3 is 5.97 Å². The van der Waals surface area contributed by atoms with E-state index in [0.717, 1.165) is 11.1 Å². The molecule has 0 fully saturated rings. The summed E-state index contributed by atoms with van der Waals surface area (Å²) in [6.45, 7) is 3.63. The Hall–Kier alpha value is -1.60. The summed E-state index contributed by atoms with van der Waals surface area (Å²) in [6, 6.07) is 6.71. The van der Waals surface area contributed by atoms with Crippen molar-refractivity contribution in [3.63, 3.8) is 0 Å². The van der Waals surface area contributed by atoms with Gasteiger partial charge in [-0.3, -0.25) is 4.79 Å². The summed E-state index contributed by atoms with van der Waals surface area (Å²) in [6.07, 6.45) is 0.594. The summed E-state index contributed by atoms with van der Waals surface area (Å²) in [7, 11) is -2.31. The molecule has 1 aromatic heterocycles. The Labute approximate surface area is 144 Å². The predicted octanol–water partition coefficient (Wildman–Crippen LogP) is 3.33. The zero-order valence-corrected chi connectivity index (χ0v) is 15.5. The molecule has 0 unspecified atom stereocenters. The SMILES string of the molecule is COC(=O)CCc1c(Br)[nH]c(S(=O)(=O)c2ccc(C)cc2)c1C. The average molecular weight is 400 g/mol. The highest BCUT2D eigenvalue weighted by Gasteiger charge is 2.25. The number of sulfone groups is 1. The molecule has 0 aliphatic carbocycles. The van der Waals surface area contributed by atoms with Gasteiger partial charge in [0, 0.05) is 6.42 Å². The number of carbonyl (C=O) groups is 1.